The Hall–Kier alpha value is -0.755. The van der Waals surface area contributed by atoms with E-state index in [9.17, 15) is 0 Å². The minimum Gasteiger partial charge on any atom is -0.310 e. The molecule has 1 aromatic carbocycles. The Balaban J connectivity index is 2.29. The molecule has 0 spiro atoms. The van der Waals surface area contributed by atoms with E-state index in [-0.39, 0.29) is 5.54 Å². The largest absolute Gasteiger partial charge is 0.310 e. The molecule has 2 heteroatoms. The zero-order chi connectivity index (χ0) is 8.60. The lowest BCUT2D eigenvalue weighted by molar-refractivity contribution is 0.586. The average Bonchev–Trinajstić information content (AvgIpc) is 2.86. The summed E-state index contributed by atoms with van der Waals surface area (Å²) in [5.41, 5.74) is 2.47. The highest BCUT2D eigenvalue weighted by Gasteiger charge is 2.42. The third-order valence-electron chi connectivity index (χ3n) is 2.69. The first-order chi connectivity index (χ1) is 5.77. The van der Waals surface area contributed by atoms with Crippen LogP contribution in [0.25, 0.3) is 0 Å². The maximum Gasteiger partial charge on any atom is 0.113 e. The molecule has 1 aromatic rings. The Bertz CT molecular complexity index is 274. The molecule has 0 bridgehead atoms. The van der Waals surface area contributed by atoms with Gasteiger partial charge in [-0.25, -0.2) is 0 Å². The molecule has 0 aliphatic heterocycles. The Morgan fingerprint density at radius 2 is 1.83 bits per heavy atom. The number of hydrogen-bond donors (Lipinski definition) is 1. The van der Waals surface area contributed by atoms with E-state index in [1.807, 2.05) is 19.2 Å². The Kier molecular flexibility index (Phi) is 1.73. The van der Waals surface area contributed by atoms with Gasteiger partial charge in [0.25, 0.3) is 0 Å². The first kappa shape index (κ1) is 7.87. The van der Waals surface area contributed by atoms with Crippen molar-refractivity contribution in [1.82, 2.24) is 5.32 Å². The minimum atomic E-state index is 0.272. The van der Waals surface area contributed by atoms with Gasteiger partial charge in [-0.3, -0.25) is 0 Å². The molecule has 1 aliphatic carbocycles. The van der Waals surface area contributed by atoms with Crippen molar-refractivity contribution in [1.29, 1.82) is 0 Å². The standard InChI is InChI=1S/C10H12BN/c1-12-10(6-7-10)8-2-4-9(11)5-3-8/h2-5,12H,6-7H2,1H3. The van der Waals surface area contributed by atoms with Crippen LogP contribution in [0.15, 0.2) is 24.3 Å². The fraction of sp³-hybridized carbons (Fsp3) is 0.400. The van der Waals surface area contributed by atoms with Crippen LogP contribution >= 0.6 is 0 Å². The van der Waals surface area contributed by atoms with E-state index in [1.165, 1.54) is 18.4 Å². The maximum atomic E-state index is 5.61. The summed E-state index contributed by atoms with van der Waals surface area (Å²) in [4.78, 5) is 0. The number of rotatable bonds is 2. The van der Waals surface area contributed by atoms with Gasteiger partial charge in [-0.1, -0.05) is 29.7 Å². The molecule has 2 rings (SSSR count). The van der Waals surface area contributed by atoms with Gasteiger partial charge in [-0.05, 0) is 25.5 Å². The van der Waals surface area contributed by atoms with Crippen LogP contribution in [0.2, 0.25) is 0 Å². The van der Waals surface area contributed by atoms with Gasteiger partial charge in [-0.2, -0.15) is 0 Å². The molecule has 0 aromatic heterocycles. The van der Waals surface area contributed by atoms with Crippen molar-refractivity contribution < 1.29 is 0 Å². The molecule has 0 heterocycles. The lowest BCUT2D eigenvalue weighted by atomic mass is 9.93. The molecular weight excluding hydrogens is 145 g/mol. The van der Waals surface area contributed by atoms with Gasteiger partial charge in [0.2, 0.25) is 0 Å². The molecule has 1 saturated carbocycles. The maximum absolute atomic E-state index is 5.61. The van der Waals surface area contributed by atoms with Crippen LogP contribution in [0.3, 0.4) is 0 Å². The summed E-state index contributed by atoms with van der Waals surface area (Å²) in [6.45, 7) is 0. The van der Waals surface area contributed by atoms with E-state index in [1.54, 1.807) is 0 Å². The predicted molar refractivity (Wildman–Crippen MR) is 51.8 cm³/mol. The monoisotopic (exact) mass is 157 g/mol. The van der Waals surface area contributed by atoms with Gasteiger partial charge < -0.3 is 5.32 Å². The molecule has 0 amide bonds. The zero-order valence-electron chi connectivity index (χ0n) is 7.30. The van der Waals surface area contributed by atoms with Crippen molar-refractivity contribution in [2.75, 3.05) is 7.05 Å². The van der Waals surface area contributed by atoms with Gasteiger partial charge >= 0.3 is 0 Å². The molecule has 60 valence electrons. The molecule has 0 unspecified atom stereocenters. The first-order valence-corrected chi connectivity index (χ1v) is 4.32. The van der Waals surface area contributed by atoms with Crippen LogP contribution in [-0.4, -0.2) is 14.9 Å². The Morgan fingerprint density at radius 1 is 1.25 bits per heavy atom. The fourth-order valence-electron chi connectivity index (χ4n) is 1.61. The van der Waals surface area contributed by atoms with Gasteiger partial charge in [0.1, 0.15) is 7.85 Å². The highest BCUT2D eigenvalue weighted by molar-refractivity contribution is 6.32. The summed E-state index contributed by atoms with van der Waals surface area (Å²) in [6.07, 6.45) is 2.49. The van der Waals surface area contributed by atoms with Crippen LogP contribution < -0.4 is 10.8 Å². The quantitative estimate of drug-likeness (QED) is 0.622. The zero-order valence-corrected chi connectivity index (χ0v) is 7.30. The number of benzene rings is 1. The highest BCUT2D eigenvalue weighted by Crippen LogP contribution is 2.44. The predicted octanol–water partition coefficient (Wildman–Crippen LogP) is 0.689. The normalized spacial score (nSPS) is 19.1. The van der Waals surface area contributed by atoms with Crippen LogP contribution in [0.1, 0.15) is 18.4 Å². The number of hydrogen-bond acceptors (Lipinski definition) is 1. The van der Waals surface area contributed by atoms with E-state index >= 15 is 0 Å². The smallest absolute Gasteiger partial charge is 0.113 e. The SMILES string of the molecule is [B]c1ccc(C2(NC)CC2)cc1. The van der Waals surface area contributed by atoms with E-state index in [2.05, 4.69) is 17.4 Å². The van der Waals surface area contributed by atoms with Gasteiger partial charge in [-0.15, -0.1) is 0 Å². The average molecular weight is 157 g/mol. The Morgan fingerprint density at radius 3 is 2.25 bits per heavy atom. The molecule has 12 heavy (non-hydrogen) atoms. The summed E-state index contributed by atoms with van der Waals surface area (Å²) in [5.74, 6) is 0. The van der Waals surface area contributed by atoms with Gasteiger partial charge in [0.15, 0.2) is 0 Å². The van der Waals surface area contributed by atoms with E-state index in [0.29, 0.717) is 0 Å². The van der Waals surface area contributed by atoms with Crippen molar-refractivity contribution >= 4 is 13.3 Å². The molecule has 1 aliphatic rings. The molecular formula is C10H12BN. The van der Waals surface area contributed by atoms with Crippen molar-refractivity contribution in [2.24, 2.45) is 0 Å². The molecule has 2 radical (unpaired) electrons. The lowest BCUT2D eigenvalue weighted by Gasteiger charge is -2.14. The Labute approximate surface area is 74.6 Å². The third-order valence-corrected chi connectivity index (χ3v) is 2.69. The number of nitrogens with one attached hydrogen (secondary N) is 1. The molecule has 1 nitrogen and oxygen atoms in total. The first-order valence-electron chi connectivity index (χ1n) is 4.32. The molecule has 1 fully saturated rings. The van der Waals surface area contributed by atoms with Gasteiger partial charge in [0, 0.05) is 5.54 Å². The summed E-state index contributed by atoms with van der Waals surface area (Å²) >= 11 is 0. The van der Waals surface area contributed by atoms with Crippen molar-refractivity contribution in [3.8, 4) is 0 Å². The topological polar surface area (TPSA) is 12.0 Å². The van der Waals surface area contributed by atoms with Crippen LogP contribution in [-0.2, 0) is 5.54 Å². The minimum absolute atomic E-state index is 0.272. The van der Waals surface area contributed by atoms with E-state index in [4.69, 9.17) is 7.85 Å². The summed E-state index contributed by atoms with van der Waals surface area (Å²) in [6, 6.07) is 8.15. The van der Waals surface area contributed by atoms with Crippen LogP contribution in [0.5, 0.6) is 0 Å². The van der Waals surface area contributed by atoms with Crippen molar-refractivity contribution in [3.63, 3.8) is 0 Å². The fourth-order valence-corrected chi connectivity index (χ4v) is 1.61. The second kappa shape index (κ2) is 2.63. The summed E-state index contributed by atoms with van der Waals surface area (Å²) in [7, 11) is 7.63. The lowest BCUT2D eigenvalue weighted by Crippen LogP contribution is -2.24. The second-order valence-corrected chi connectivity index (χ2v) is 3.45. The molecule has 1 N–H and O–H groups in total. The molecule has 0 atom stereocenters. The second-order valence-electron chi connectivity index (χ2n) is 3.45. The van der Waals surface area contributed by atoms with Gasteiger partial charge in [0.05, 0.1) is 0 Å². The molecule has 0 saturated heterocycles. The summed E-state index contributed by atoms with van der Waals surface area (Å²) < 4.78 is 0. The van der Waals surface area contributed by atoms with E-state index in [0.717, 1.165) is 5.46 Å². The van der Waals surface area contributed by atoms with Crippen LogP contribution in [0.4, 0.5) is 0 Å². The third kappa shape index (κ3) is 1.16. The van der Waals surface area contributed by atoms with Crippen molar-refractivity contribution in [3.05, 3.63) is 29.8 Å². The van der Waals surface area contributed by atoms with E-state index < -0.39 is 0 Å². The van der Waals surface area contributed by atoms with Crippen molar-refractivity contribution in [2.45, 2.75) is 18.4 Å². The highest BCUT2D eigenvalue weighted by atomic mass is 15.0. The van der Waals surface area contributed by atoms with Crippen LogP contribution in [0, 0.1) is 0 Å². The summed E-state index contributed by atoms with van der Waals surface area (Å²) in [5, 5.41) is 3.35.